The van der Waals surface area contributed by atoms with Crippen LogP contribution in [0.3, 0.4) is 0 Å². The molecule has 150 valence electrons. The third-order valence-electron chi connectivity index (χ3n) is 4.41. The molecule has 7 heteroatoms. The summed E-state index contributed by atoms with van der Waals surface area (Å²) in [6.45, 7) is 1.88. The fraction of sp³-hybridized carbons (Fsp3) is 0.0870. The summed E-state index contributed by atoms with van der Waals surface area (Å²) in [6, 6.07) is 21.1. The van der Waals surface area contributed by atoms with Crippen LogP contribution in [0.1, 0.15) is 16.9 Å². The number of nitrogens with one attached hydrogen (secondary N) is 1. The predicted molar refractivity (Wildman–Crippen MR) is 120 cm³/mol. The highest BCUT2D eigenvalue weighted by molar-refractivity contribution is 9.10. The van der Waals surface area contributed by atoms with Crippen molar-refractivity contribution < 1.29 is 9.21 Å². The lowest BCUT2D eigenvalue weighted by atomic mass is 10.1. The fourth-order valence-corrected chi connectivity index (χ4v) is 3.21. The van der Waals surface area contributed by atoms with Gasteiger partial charge < -0.3 is 4.42 Å². The molecule has 6 nitrogen and oxygen atoms in total. The molecule has 0 unspecified atom stereocenters. The molecule has 0 aliphatic heterocycles. The van der Waals surface area contributed by atoms with Crippen LogP contribution in [0.2, 0.25) is 0 Å². The number of amides is 1. The van der Waals surface area contributed by atoms with Crippen molar-refractivity contribution in [2.45, 2.75) is 13.3 Å². The topological polar surface area (TPSA) is 72.4 Å². The average Bonchev–Trinajstić information content (AvgIpc) is 3.37. The third kappa shape index (κ3) is 4.75. The second-order valence-electron chi connectivity index (χ2n) is 6.72. The van der Waals surface area contributed by atoms with Gasteiger partial charge in [0.1, 0.15) is 11.5 Å². The molecule has 0 aliphatic carbocycles. The third-order valence-corrected chi connectivity index (χ3v) is 4.94. The first-order valence-electron chi connectivity index (χ1n) is 9.37. The van der Waals surface area contributed by atoms with Gasteiger partial charge >= 0.3 is 0 Å². The summed E-state index contributed by atoms with van der Waals surface area (Å²) >= 11 is 3.39. The lowest BCUT2D eigenvalue weighted by Crippen LogP contribution is -2.19. The Hall–Kier alpha value is -3.45. The van der Waals surface area contributed by atoms with Gasteiger partial charge in [-0.2, -0.15) is 10.2 Å². The summed E-state index contributed by atoms with van der Waals surface area (Å²) in [5.41, 5.74) is 5.79. The van der Waals surface area contributed by atoms with Crippen LogP contribution >= 0.6 is 15.9 Å². The van der Waals surface area contributed by atoms with Gasteiger partial charge in [0.15, 0.2) is 5.76 Å². The summed E-state index contributed by atoms with van der Waals surface area (Å²) in [5.74, 6) is 1.24. The summed E-state index contributed by atoms with van der Waals surface area (Å²) in [4.78, 5) is 12.2. The number of aromatic nitrogens is 2. The van der Waals surface area contributed by atoms with E-state index in [-0.39, 0.29) is 12.3 Å². The number of benzene rings is 2. The molecule has 1 amide bonds. The van der Waals surface area contributed by atoms with Crippen molar-refractivity contribution in [1.29, 1.82) is 0 Å². The molecule has 2 aromatic carbocycles. The number of hydrogen-bond acceptors (Lipinski definition) is 4. The van der Waals surface area contributed by atoms with Crippen LogP contribution in [0.15, 0.2) is 86.9 Å². The number of halogens is 1. The van der Waals surface area contributed by atoms with Gasteiger partial charge in [0.25, 0.3) is 0 Å². The molecule has 2 aromatic heterocycles. The molecule has 0 bridgehead atoms. The van der Waals surface area contributed by atoms with Crippen molar-refractivity contribution in [2.24, 2.45) is 5.10 Å². The van der Waals surface area contributed by atoms with Crippen molar-refractivity contribution in [3.8, 4) is 17.1 Å². The fourth-order valence-electron chi connectivity index (χ4n) is 2.95. The number of para-hydroxylation sites is 1. The van der Waals surface area contributed by atoms with E-state index in [0.717, 1.165) is 27.0 Å². The maximum Gasteiger partial charge on any atom is 0.244 e. The lowest BCUT2D eigenvalue weighted by Gasteiger charge is -2.00. The maximum absolute atomic E-state index is 12.2. The quantitative estimate of drug-likeness (QED) is 0.327. The van der Waals surface area contributed by atoms with Crippen molar-refractivity contribution in [2.75, 3.05) is 0 Å². The minimum atomic E-state index is -0.195. The van der Waals surface area contributed by atoms with E-state index < -0.39 is 0 Å². The van der Waals surface area contributed by atoms with E-state index in [0.29, 0.717) is 11.5 Å². The number of carbonyl (C=O) groups excluding carboxylic acids is 1. The normalized spacial score (nSPS) is 11.1. The van der Waals surface area contributed by atoms with Crippen molar-refractivity contribution in [3.63, 3.8) is 0 Å². The van der Waals surface area contributed by atoms with Crippen LogP contribution in [0.25, 0.3) is 17.1 Å². The molecule has 1 N–H and O–H groups in total. The maximum atomic E-state index is 12.2. The molecule has 0 radical (unpaired) electrons. The molecule has 0 saturated carbocycles. The summed E-state index contributed by atoms with van der Waals surface area (Å²) in [7, 11) is 0. The van der Waals surface area contributed by atoms with Crippen LogP contribution in [0, 0.1) is 6.92 Å². The highest BCUT2D eigenvalue weighted by atomic mass is 79.9. The number of nitrogens with zero attached hydrogens (tertiary/aromatic N) is 3. The molecule has 0 aliphatic rings. The molecule has 0 saturated heterocycles. The molecular formula is C23H19BrN4O2. The molecule has 30 heavy (non-hydrogen) atoms. The van der Waals surface area contributed by atoms with Gasteiger partial charge in [-0.05, 0) is 48.9 Å². The van der Waals surface area contributed by atoms with Crippen LogP contribution in [-0.2, 0) is 11.2 Å². The highest BCUT2D eigenvalue weighted by Crippen LogP contribution is 2.24. The first-order chi connectivity index (χ1) is 14.6. The molecule has 0 atom stereocenters. The smallest absolute Gasteiger partial charge is 0.244 e. The highest BCUT2D eigenvalue weighted by Gasteiger charge is 2.14. The van der Waals surface area contributed by atoms with Crippen molar-refractivity contribution in [1.82, 2.24) is 15.2 Å². The first-order valence-corrected chi connectivity index (χ1v) is 10.2. The first kappa shape index (κ1) is 19.8. The van der Waals surface area contributed by atoms with E-state index in [1.165, 1.54) is 0 Å². The Balaban J connectivity index is 1.54. The van der Waals surface area contributed by atoms with E-state index in [1.807, 2.05) is 79.9 Å². The molecule has 4 rings (SSSR count). The number of hydrazone groups is 1. The van der Waals surface area contributed by atoms with Gasteiger partial charge in [-0.1, -0.05) is 46.3 Å². The summed E-state index contributed by atoms with van der Waals surface area (Å²) < 4.78 is 8.48. The van der Waals surface area contributed by atoms with Crippen LogP contribution in [-0.4, -0.2) is 21.9 Å². The van der Waals surface area contributed by atoms with Gasteiger partial charge in [0.2, 0.25) is 5.91 Å². The second-order valence-corrected chi connectivity index (χ2v) is 7.64. The van der Waals surface area contributed by atoms with Crippen molar-refractivity contribution in [3.05, 3.63) is 94.3 Å². The molecular weight excluding hydrogens is 444 g/mol. The van der Waals surface area contributed by atoms with Gasteiger partial charge in [-0.3, -0.25) is 4.79 Å². The van der Waals surface area contributed by atoms with E-state index in [1.54, 1.807) is 10.9 Å². The Morgan fingerprint density at radius 2 is 1.90 bits per heavy atom. The van der Waals surface area contributed by atoms with Gasteiger partial charge in [0, 0.05) is 16.2 Å². The van der Waals surface area contributed by atoms with E-state index in [2.05, 4.69) is 31.6 Å². The Morgan fingerprint density at radius 3 is 2.60 bits per heavy atom. The zero-order valence-corrected chi connectivity index (χ0v) is 17.8. The van der Waals surface area contributed by atoms with Crippen LogP contribution < -0.4 is 5.43 Å². The second kappa shape index (κ2) is 8.92. The Labute approximate surface area is 182 Å². The van der Waals surface area contributed by atoms with Gasteiger partial charge in [-0.15, -0.1) is 0 Å². The SMILES string of the molecule is Cc1ccc(-c2nn(-c3ccccc3)cc2/C=N\NC(=O)Cc2ccc(Br)cc2)o1. The summed E-state index contributed by atoms with van der Waals surface area (Å²) in [5, 5.41) is 8.78. The Bertz CT molecular complexity index is 1180. The Kier molecular flexibility index (Phi) is 5.90. The standard InChI is InChI=1S/C23H19BrN4O2/c1-16-7-12-21(30-16)23-18(15-28(27-23)20-5-3-2-4-6-20)14-25-26-22(29)13-17-8-10-19(24)11-9-17/h2-12,14-15H,13H2,1H3,(H,26,29)/b25-14-. The molecule has 4 aromatic rings. The zero-order valence-electron chi connectivity index (χ0n) is 16.2. The van der Waals surface area contributed by atoms with E-state index >= 15 is 0 Å². The minimum Gasteiger partial charge on any atom is -0.460 e. The van der Waals surface area contributed by atoms with Crippen molar-refractivity contribution >= 4 is 28.1 Å². The number of carbonyl (C=O) groups is 1. The Morgan fingerprint density at radius 1 is 1.13 bits per heavy atom. The largest absolute Gasteiger partial charge is 0.460 e. The van der Waals surface area contributed by atoms with E-state index in [4.69, 9.17) is 4.42 Å². The number of aryl methyl sites for hydroxylation is 1. The van der Waals surface area contributed by atoms with E-state index in [9.17, 15) is 4.79 Å². The molecule has 0 spiro atoms. The molecule has 2 heterocycles. The zero-order chi connectivity index (χ0) is 20.9. The predicted octanol–water partition coefficient (Wildman–Crippen LogP) is 4.90. The van der Waals surface area contributed by atoms with Crippen LogP contribution in [0.4, 0.5) is 0 Å². The lowest BCUT2D eigenvalue weighted by molar-refractivity contribution is -0.120. The minimum absolute atomic E-state index is 0.195. The molecule has 0 fully saturated rings. The monoisotopic (exact) mass is 462 g/mol. The van der Waals surface area contributed by atoms with Gasteiger partial charge in [0.05, 0.1) is 18.3 Å². The number of rotatable bonds is 6. The van der Waals surface area contributed by atoms with Gasteiger partial charge in [-0.25, -0.2) is 10.1 Å². The number of hydrogen-bond donors (Lipinski definition) is 1. The summed E-state index contributed by atoms with van der Waals surface area (Å²) in [6.07, 6.45) is 3.68. The number of furan rings is 1. The van der Waals surface area contributed by atoms with Crippen LogP contribution in [0.5, 0.6) is 0 Å². The average molecular weight is 463 g/mol.